The maximum atomic E-state index is 13.0. The minimum atomic E-state index is -0.902. The zero-order valence-corrected chi connectivity index (χ0v) is 15.1. The molecule has 2 heterocycles. The molecule has 0 saturated heterocycles. The van der Waals surface area contributed by atoms with E-state index in [2.05, 4.69) is 5.10 Å². The summed E-state index contributed by atoms with van der Waals surface area (Å²) in [6, 6.07) is 11.3. The van der Waals surface area contributed by atoms with Gasteiger partial charge >= 0.3 is 11.6 Å². The molecular formula is C20H21N3O3. The third kappa shape index (κ3) is 2.36. The summed E-state index contributed by atoms with van der Waals surface area (Å²) in [6.07, 6.45) is 2.08. The minimum Gasteiger partial charge on any atom is -0.711 e. The first-order valence-electron chi connectivity index (χ1n) is 8.75. The van der Waals surface area contributed by atoms with Crippen molar-refractivity contribution in [3.63, 3.8) is 0 Å². The van der Waals surface area contributed by atoms with E-state index in [4.69, 9.17) is 4.74 Å². The number of rotatable bonds is 4. The first-order valence-corrected chi connectivity index (χ1v) is 8.75. The molecular weight excluding hydrogens is 330 g/mol. The number of carbonyl (C=O) groups is 1. The van der Waals surface area contributed by atoms with Crippen LogP contribution in [0.15, 0.2) is 42.6 Å². The highest BCUT2D eigenvalue weighted by atomic mass is 16.5. The van der Waals surface area contributed by atoms with Gasteiger partial charge in [0.15, 0.2) is 0 Å². The van der Waals surface area contributed by atoms with Crippen LogP contribution in [-0.4, -0.2) is 15.7 Å². The van der Waals surface area contributed by atoms with Crippen molar-refractivity contribution in [1.29, 1.82) is 0 Å². The van der Waals surface area contributed by atoms with Gasteiger partial charge in [0.05, 0.1) is 17.3 Å². The summed E-state index contributed by atoms with van der Waals surface area (Å²) >= 11 is 0. The second-order valence-electron chi connectivity index (χ2n) is 7.11. The second-order valence-corrected chi connectivity index (χ2v) is 7.11. The van der Waals surface area contributed by atoms with Gasteiger partial charge < -0.3 is 9.94 Å². The minimum absolute atomic E-state index is 0.0637. The van der Waals surface area contributed by atoms with Gasteiger partial charge in [-0.05, 0) is 31.0 Å². The molecule has 0 bridgehead atoms. The molecule has 0 N–H and O–H groups in total. The van der Waals surface area contributed by atoms with Crippen molar-refractivity contribution in [2.24, 2.45) is 5.92 Å². The van der Waals surface area contributed by atoms with E-state index in [1.807, 2.05) is 51.1 Å². The van der Waals surface area contributed by atoms with Crippen LogP contribution >= 0.6 is 0 Å². The smallest absolute Gasteiger partial charge is 0.357 e. The predicted molar refractivity (Wildman–Crippen MR) is 96.2 cm³/mol. The molecule has 0 unspecified atom stereocenters. The Labute approximate surface area is 151 Å². The number of aromatic nitrogens is 3. The van der Waals surface area contributed by atoms with Crippen LogP contribution in [0.4, 0.5) is 0 Å². The molecule has 1 aromatic carbocycles. The van der Waals surface area contributed by atoms with E-state index in [1.165, 1.54) is 6.20 Å². The number of nitrogens with zero attached hydrogens (tertiary/aromatic N) is 3. The van der Waals surface area contributed by atoms with Gasteiger partial charge in [-0.25, -0.2) is 9.52 Å². The Morgan fingerprint density at radius 2 is 2.04 bits per heavy atom. The fraction of sp³-hybridized carbons (Fsp3) is 0.350. The lowest BCUT2D eigenvalue weighted by Crippen LogP contribution is -2.38. The second kappa shape index (κ2) is 5.83. The molecule has 1 aliphatic carbocycles. The quantitative estimate of drug-likeness (QED) is 0.412. The summed E-state index contributed by atoms with van der Waals surface area (Å²) in [5.41, 5.74) is 2.17. The molecule has 0 spiro atoms. The summed E-state index contributed by atoms with van der Waals surface area (Å²) in [6.45, 7) is 6.00. The Balaban J connectivity index is 1.72. The number of carbonyl (C=O) groups excluding carboxylic acids is 1. The maximum Gasteiger partial charge on any atom is 0.357 e. The SMILES string of the molecule is Cc1cc[n+]([O-])c2c1c(C)nn2[C@@]1(C(=O)OCc2ccccc2)C[C@@H]1C. The number of ether oxygens (including phenoxy) is 1. The first-order chi connectivity index (χ1) is 12.4. The highest BCUT2D eigenvalue weighted by molar-refractivity contribution is 5.87. The molecule has 0 radical (unpaired) electrons. The monoisotopic (exact) mass is 351 g/mol. The molecule has 1 aliphatic rings. The van der Waals surface area contributed by atoms with E-state index in [0.29, 0.717) is 12.1 Å². The maximum absolute atomic E-state index is 13.0. The van der Waals surface area contributed by atoms with Gasteiger partial charge in [-0.1, -0.05) is 42.4 Å². The number of esters is 1. The predicted octanol–water partition coefficient (Wildman–Crippen LogP) is 2.77. The van der Waals surface area contributed by atoms with Crippen LogP contribution in [0.5, 0.6) is 0 Å². The fourth-order valence-electron chi connectivity index (χ4n) is 3.71. The van der Waals surface area contributed by atoms with E-state index in [-0.39, 0.29) is 18.5 Å². The van der Waals surface area contributed by atoms with Crippen LogP contribution in [-0.2, 0) is 21.7 Å². The van der Waals surface area contributed by atoms with Crippen molar-refractivity contribution in [2.45, 2.75) is 39.3 Å². The zero-order chi connectivity index (χ0) is 18.5. The van der Waals surface area contributed by atoms with E-state index in [1.54, 1.807) is 10.7 Å². The van der Waals surface area contributed by atoms with E-state index >= 15 is 0 Å². The average Bonchev–Trinajstić information content (AvgIpc) is 3.19. The first kappa shape index (κ1) is 16.6. The molecule has 3 aromatic rings. The molecule has 6 heteroatoms. The zero-order valence-electron chi connectivity index (χ0n) is 15.1. The van der Waals surface area contributed by atoms with Crippen molar-refractivity contribution >= 4 is 17.0 Å². The van der Waals surface area contributed by atoms with Gasteiger partial charge in [0.1, 0.15) is 6.61 Å². The molecule has 0 aliphatic heterocycles. The number of pyridine rings is 1. The molecule has 26 heavy (non-hydrogen) atoms. The van der Waals surface area contributed by atoms with E-state index in [9.17, 15) is 10.0 Å². The Hall–Kier alpha value is -2.89. The van der Waals surface area contributed by atoms with Crippen LogP contribution in [0.2, 0.25) is 0 Å². The standard InChI is InChI=1S/C20H21N3O3/c1-13-9-10-22(25)18-17(13)15(3)21-23(18)20(11-14(20)2)19(24)26-12-16-7-5-4-6-8-16/h4-10,14H,11-12H2,1-3H3/t14-,20-/m0/s1. The van der Waals surface area contributed by atoms with Gasteiger partial charge in [-0.15, -0.1) is 4.68 Å². The Kier molecular flexibility index (Phi) is 3.72. The lowest BCUT2D eigenvalue weighted by Gasteiger charge is -2.14. The number of aryl methyl sites for hydroxylation is 2. The van der Waals surface area contributed by atoms with Crippen molar-refractivity contribution in [1.82, 2.24) is 9.78 Å². The van der Waals surface area contributed by atoms with Crippen molar-refractivity contribution in [2.75, 3.05) is 0 Å². The summed E-state index contributed by atoms with van der Waals surface area (Å²) in [5, 5.41) is 17.8. The molecule has 6 nitrogen and oxygen atoms in total. The molecule has 134 valence electrons. The molecule has 0 amide bonds. The van der Waals surface area contributed by atoms with E-state index in [0.717, 1.165) is 26.9 Å². The molecule has 1 saturated carbocycles. The molecule has 4 rings (SSSR count). The Bertz CT molecular complexity index is 996. The highest BCUT2D eigenvalue weighted by Crippen LogP contribution is 2.52. The third-order valence-corrected chi connectivity index (χ3v) is 5.32. The number of fused-ring (bicyclic) bond motifs is 1. The van der Waals surface area contributed by atoms with Crippen LogP contribution in [0.3, 0.4) is 0 Å². The Morgan fingerprint density at radius 1 is 1.35 bits per heavy atom. The lowest BCUT2D eigenvalue weighted by atomic mass is 10.1. The Morgan fingerprint density at radius 3 is 2.69 bits per heavy atom. The highest BCUT2D eigenvalue weighted by Gasteiger charge is 2.67. The molecule has 2 aromatic heterocycles. The van der Waals surface area contributed by atoms with Crippen molar-refractivity contribution in [3.05, 3.63) is 64.6 Å². The number of hydrogen-bond acceptors (Lipinski definition) is 4. The average molecular weight is 351 g/mol. The topological polar surface area (TPSA) is 71.1 Å². The van der Waals surface area contributed by atoms with Gasteiger partial charge in [0, 0.05) is 12.3 Å². The van der Waals surface area contributed by atoms with Crippen LogP contribution in [0.25, 0.3) is 11.0 Å². The fourth-order valence-corrected chi connectivity index (χ4v) is 3.71. The van der Waals surface area contributed by atoms with Gasteiger partial charge in [0.2, 0.25) is 5.54 Å². The summed E-state index contributed by atoms with van der Waals surface area (Å²) in [7, 11) is 0. The van der Waals surface area contributed by atoms with Gasteiger partial charge in [-0.2, -0.15) is 0 Å². The van der Waals surface area contributed by atoms with Crippen LogP contribution in [0.1, 0.15) is 30.2 Å². The van der Waals surface area contributed by atoms with Gasteiger partial charge in [0.25, 0.3) is 0 Å². The van der Waals surface area contributed by atoms with Crippen LogP contribution < -0.4 is 4.73 Å². The van der Waals surface area contributed by atoms with Crippen molar-refractivity contribution in [3.8, 4) is 0 Å². The molecule has 2 atom stereocenters. The number of benzene rings is 1. The largest absolute Gasteiger partial charge is 0.711 e. The van der Waals surface area contributed by atoms with Crippen LogP contribution in [0, 0.1) is 25.0 Å². The van der Waals surface area contributed by atoms with Gasteiger partial charge in [-0.3, -0.25) is 0 Å². The third-order valence-electron chi connectivity index (χ3n) is 5.32. The molecule has 1 fully saturated rings. The lowest BCUT2D eigenvalue weighted by molar-refractivity contribution is -0.580. The summed E-state index contributed by atoms with van der Waals surface area (Å²) in [5.74, 6) is -0.270. The normalized spacial score (nSPS) is 21.7. The van der Waals surface area contributed by atoms with E-state index < -0.39 is 5.54 Å². The number of hydrogen-bond donors (Lipinski definition) is 0. The summed E-state index contributed by atoms with van der Waals surface area (Å²) < 4.78 is 7.98. The van der Waals surface area contributed by atoms with Crippen molar-refractivity contribution < 1.29 is 14.3 Å². The summed E-state index contributed by atoms with van der Waals surface area (Å²) in [4.78, 5) is 13.0.